The molecule has 0 aromatic heterocycles. The highest BCUT2D eigenvalue weighted by Gasteiger charge is 2.62. The number of carbonyl (C=O) groups excluding carboxylic acids is 1. The van der Waals surface area contributed by atoms with Crippen LogP contribution >= 0.6 is 0 Å². The highest BCUT2D eigenvalue weighted by molar-refractivity contribution is 5.79. The van der Waals surface area contributed by atoms with Gasteiger partial charge in [0, 0.05) is 31.2 Å². The fourth-order valence-electron chi connectivity index (χ4n) is 7.15. The second kappa shape index (κ2) is 5.82. The van der Waals surface area contributed by atoms with Crippen molar-refractivity contribution in [1.82, 2.24) is 4.90 Å². The van der Waals surface area contributed by atoms with Crippen LogP contribution in [0.5, 0.6) is 0 Å². The number of rotatable bonds is 2. The number of hydrogen-bond acceptors (Lipinski definition) is 3. The summed E-state index contributed by atoms with van der Waals surface area (Å²) in [7, 11) is 1.91. The Morgan fingerprint density at radius 2 is 2.12 bits per heavy atom. The number of ether oxygens (including phenoxy) is 1. The first-order valence-corrected chi connectivity index (χ1v) is 10.1. The summed E-state index contributed by atoms with van der Waals surface area (Å²) in [6, 6.07) is 0. The van der Waals surface area contributed by atoms with Gasteiger partial charge < -0.3 is 14.7 Å². The largest absolute Gasteiger partial charge is 0.393 e. The number of likely N-dealkylation sites (tertiary alicyclic amines) is 1. The summed E-state index contributed by atoms with van der Waals surface area (Å²) in [5, 5.41) is 11.3. The van der Waals surface area contributed by atoms with E-state index in [1.54, 1.807) is 0 Å². The van der Waals surface area contributed by atoms with Crippen LogP contribution in [-0.2, 0) is 9.53 Å². The van der Waals surface area contributed by atoms with Crippen molar-refractivity contribution in [3.63, 3.8) is 0 Å². The molecule has 1 heterocycles. The molecule has 1 saturated heterocycles. The molecular weight excluding hydrogens is 314 g/mol. The maximum Gasteiger partial charge on any atom is 0.226 e. The average molecular weight is 347 g/mol. The Morgan fingerprint density at radius 1 is 1.36 bits per heavy atom. The van der Waals surface area contributed by atoms with Gasteiger partial charge in [-0.3, -0.25) is 4.79 Å². The maximum absolute atomic E-state index is 12.2. The minimum atomic E-state index is -0.303. The zero-order valence-corrected chi connectivity index (χ0v) is 16.1. The first-order valence-electron chi connectivity index (χ1n) is 10.1. The Hall–Kier alpha value is -0.870. The van der Waals surface area contributed by atoms with E-state index in [0.29, 0.717) is 18.3 Å². The number of piperidine rings is 1. The lowest BCUT2D eigenvalue weighted by Crippen LogP contribution is -2.59. The molecule has 1 amide bonds. The maximum atomic E-state index is 12.2. The van der Waals surface area contributed by atoms with E-state index < -0.39 is 0 Å². The monoisotopic (exact) mass is 347 g/mol. The molecule has 0 aromatic rings. The first-order chi connectivity index (χ1) is 11.8. The fourth-order valence-corrected chi connectivity index (χ4v) is 7.15. The minimum Gasteiger partial charge on any atom is -0.393 e. The number of allylic oxidation sites excluding steroid dienone is 2. The standard InChI is InChI=1S/C21H33NO3/c1-5-25-17-9-7-14-13-6-8-16-20(2,11-10-18(24)22(16)4)19(13)15(23)12-21(14,17)3/h8,13-15,17,19,23H,5-7,9-12H2,1-4H3/t13-,14?,15+,17?,19?,20+,21+/m1/s1. The second-order valence-electron chi connectivity index (χ2n) is 9.29. The topological polar surface area (TPSA) is 49.8 Å². The summed E-state index contributed by atoms with van der Waals surface area (Å²) < 4.78 is 6.09. The van der Waals surface area contributed by atoms with Crippen molar-refractivity contribution in [3.8, 4) is 0 Å². The number of fused-ring (bicyclic) bond motifs is 5. The van der Waals surface area contributed by atoms with E-state index in [4.69, 9.17) is 4.74 Å². The molecule has 0 radical (unpaired) electrons. The van der Waals surface area contributed by atoms with Gasteiger partial charge in [0.2, 0.25) is 5.91 Å². The van der Waals surface area contributed by atoms with Gasteiger partial charge in [0.25, 0.3) is 0 Å². The lowest BCUT2D eigenvalue weighted by atomic mass is 9.48. The summed E-state index contributed by atoms with van der Waals surface area (Å²) in [6.07, 6.45) is 7.93. The van der Waals surface area contributed by atoms with Crippen molar-refractivity contribution in [2.24, 2.45) is 28.6 Å². The van der Waals surface area contributed by atoms with Gasteiger partial charge in [-0.1, -0.05) is 19.9 Å². The summed E-state index contributed by atoms with van der Waals surface area (Å²) in [5.74, 6) is 1.61. The molecule has 2 saturated carbocycles. The Labute approximate surface area is 151 Å². The number of hydrogen-bond donors (Lipinski definition) is 1. The van der Waals surface area contributed by atoms with E-state index in [1.807, 2.05) is 11.9 Å². The molecule has 25 heavy (non-hydrogen) atoms. The van der Waals surface area contributed by atoms with Gasteiger partial charge in [-0.15, -0.1) is 0 Å². The van der Waals surface area contributed by atoms with E-state index in [2.05, 4.69) is 26.8 Å². The van der Waals surface area contributed by atoms with Crippen molar-refractivity contribution in [3.05, 3.63) is 11.8 Å². The third-order valence-corrected chi connectivity index (χ3v) is 8.23. The summed E-state index contributed by atoms with van der Waals surface area (Å²) in [5.41, 5.74) is 1.18. The van der Waals surface area contributed by atoms with Crippen molar-refractivity contribution >= 4 is 5.91 Å². The molecular formula is C21H33NO3. The average Bonchev–Trinajstić information content (AvgIpc) is 2.88. The third kappa shape index (κ3) is 2.29. The minimum absolute atomic E-state index is 0.0734. The highest BCUT2D eigenvalue weighted by Crippen LogP contribution is 2.64. The second-order valence-corrected chi connectivity index (χ2v) is 9.29. The van der Waals surface area contributed by atoms with E-state index in [0.717, 1.165) is 38.0 Å². The number of amides is 1. The molecule has 4 nitrogen and oxygen atoms in total. The highest BCUT2D eigenvalue weighted by atomic mass is 16.5. The molecule has 4 heteroatoms. The van der Waals surface area contributed by atoms with Crippen LogP contribution in [0.25, 0.3) is 0 Å². The zero-order valence-electron chi connectivity index (χ0n) is 16.1. The van der Waals surface area contributed by atoms with Crippen LogP contribution < -0.4 is 0 Å². The van der Waals surface area contributed by atoms with Crippen molar-refractivity contribution < 1.29 is 14.6 Å². The molecule has 1 aliphatic heterocycles. The smallest absolute Gasteiger partial charge is 0.226 e. The summed E-state index contributed by atoms with van der Waals surface area (Å²) in [4.78, 5) is 14.0. The fraction of sp³-hybridized carbons (Fsp3) is 0.857. The van der Waals surface area contributed by atoms with Crippen LogP contribution in [0.1, 0.15) is 59.3 Å². The Morgan fingerprint density at radius 3 is 2.84 bits per heavy atom. The Balaban J connectivity index is 1.71. The van der Waals surface area contributed by atoms with Crippen molar-refractivity contribution in [2.75, 3.05) is 13.7 Å². The van der Waals surface area contributed by atoms with Crippen LogP contribution in [0.3, 0.4) is 0 Å². The van der Waals surface area contributed by atoms with Crippen LogP contribution in [-0.4, -0.2) is 41.8 Å². The molecule has 1 N–H and O–H groups in total. The molecule has 3 fully saturated rings. The number of aliphatic hydroxyl groups excluding tert-OH is 1. The quantitative estimate of drug-likeness (QED) is 0.833. The molecule has 3 unspecified atom stereocenters. The molecule has 0 aromatic carbocycles. The van der Waals surface area contributed by atoms with Crippen LogP contribution in [0.2, 0.25) is 0 Å². The molecule has 0 bridgehead atoms. The SMILES string of the molecule is CCOC1CCC2[C@H]3CC=C4N(C)C(=O)CC[C@]4(C)C3[C@@H](O)C[C@]12C. The third-order valence-electron chi connectivity index (χ3n) is 8.23. The predicted molar refractivity (Wildman–Crippen MR) is 96.7 cm³/mol. The van der Waals surface area contributed by atoms with Gasteiger partial charge in [0.15, 0.2) is 0 Å². The Kier molecular flexibility index (Phi) is 4.08. The molecule has 3 aliphatic carbocycles. The molecule has 4 aliphatic rings. The molecule has 0 spiro atoms. The van der Waals surface area contributed by atoms with Crippen molar-refractivity contribution in [2.45, 2.75) is 71.5 Å². The van der Waals surface area contributed by atoms with E-state index in [9.17, 15) is 9.90 Å². The normalized spacial score (nSPS) is 49.3. The molecule has 140 valence electrons. The number of carbonyl (C=O) groups is 1. The van der Waals surface area contributed by atoms with Crippen molar-refractivity contribution in [1.29, 1.82) is 0 Å². The molecule has 7 atom stereocenters. The van der Waals surface area contributed by atoms with Gasteiger partial charge in [-0.2, -0.15) is 0 Å². The predicted octanol–water partition coefficient (Wildman–Crippen LogP) is 3.35. The number of nitrogens with zero attached hydrogens (tertiary/aromatic N) is 1. The van der Waals surface area contributed by atoms with Crippen LogP contribution in [0.15, 0.2) is 11.8 Å². The number of aliphatic hydroxyl groups is 1. The van der Waals surface area contributed by atoms with Gasteiger partial charge in [-0.05, 0) is 62.2 Å². The van der Waals surface area contributed by atoms with E-state index in [-0.39, 0.29) is 34.9 Å². The van der Waals surface area contributed by atoms with Gasteiger partial charge in [0.05, 0.1) is 12.2 Å². The Bertz CT molecular complexity index is 602. The summed E-state index contributed by atoms with van der Waals surface area (Å²) in [6.45, 7) is 7.47. The zero-order chi connectivity index (χ0) is 18.0. The first kappa shape index (κ1) is 17.5. The van der Waals surface area contributed by atoms with Crippen LogP contribution in [0, 0.1) is 28.6 Å². The molecule has 4 rings (SSSR count). The van der Waals surface area contributed by atoms with Crippen LogP contribution in [0.4, 0.5) is 0 Å². The van der Waals surface area contributed by atoms with Gasteiger partial charge >= 0.3 is 0 Å². The van der Waals surface area contributed by atoms with E-state index >= 15 is 0 Å². The van der Waals surface area contributed by atoms with Gasteiger partial charge in [0.1, 0.15) is 0 Å². The van der Waals surface area contributed by atoms with E-state index in [1.165, 1.54) is 6.42 Å². The van der Waals surface area contributed by atoms with Gasteiger partial charge in [-0.25, -0.2) is 0 Å². The summed E-state index contributed by atoms with van der Waals surface area (Å²) >= 11 is 0. The lowest BCUT2D eigenvalue weighted by molar-refractivity contribution is -0.155. The lowest BCUT2D eigenvalue weighted by Gasteiger charge is -2.59.